The normalized spacial score (nSPS) is 12.7. The average molecular weight is 919 g/mol. The van der Waals surface area contributed by atoms with Crippen LogP contribution in [0.15, 0.2) is 85.1 Å². The third-order valence-electron chi connectivity index (χ3n) is 11.6. The lowest BCUT2D eigenvalue weighted by Gasteiger charge is -2.18. The molecule has 0 saturated heterocycles. The van der Waals surface area contributed by atoms with Gasteiger partial charge in [-0.25, -0.2) is 0 Å². The first-order chi connectivity index (χ1) is 32.5. The third kappa shape index (κ3) is 51.6. The lowest BCUT2D eigenvalue weighted by atomic mass is 10.1. The summed E-state index contributed by atoms with van der Waals surface area (Å²) in [5.41, 5.74) is 0. The van der Waals surface area contributed by atoms with E-state index in [-0.39, 0.29) is 31.6 Å². The maximum absolute atomic E-state index is 12.8. The molecule has 1 unspecified atom stereocenters. The van der Waals surface area contributed by atoms with Gasteiger partial charge in [0.25, 0.3) is 0 Å². The van der Waals surface area contributed by atoms with Gasteiger partial charge >= 0.3 is 17.9 Å². The standard InChI is InChI=1S/C60H102O6/c1-4-7-10-13-16-19-22-25-27-29-30-31-33-35-38-41-44-47-50-53-59(62)65-56-57(55-64-58(61)52-49-46-43-40-37-34-24-21-18-15-12-9-6-3)66-60(63)54-51-48-45-42-39-36-32-28-26-23-20-17-14-11-8-5-2/h8,11,17,20,26,28-30,34,36-37,39,45,48,57H,4-7,9-10,12-16,18-19,21-25,27,31-33,35,38,40-44,46-47,49-56H2,1-3H3/b11-8-,20-17-,28-26-,30-29-,37-34-,39-36-,48-45-. The van der Waals surface area contributed by atoms with Crippen molar-refractivity contribution in [3.05, 3.63) is 85.1 Å². The number of unbranched alkanes of at least 4 members (excludes halogenated alkanes) is 24. The van der Waals surface area contributed by atoms with Crippen molar-refractivity contribution in [3.63, 3.8) is 0 Å². The molecule has 378 valence electrons. The van der Waals surface area contributed by atoms with E-state index in [0.717, 1.165) is 83.5 Å². The first kappa shape index (κ1) is 62.6. The van der Waals surface area contributed by atoms with Crippen molar-refractivity contribution in [2.75, 3.05) is 13.2 Å². The smallest absolute Gasteiger partial charge is 0.306 e. The number of carbonyl (C=O) groups excluding carboxylic acids is 3. The molecule has 0 aromatic rings. The fourth-order valence-corrected chi connectivity index (χ4v) is 7.48. The summed E-state index contributed by atoms with van der Waals surface area (Å²) in [7, 11) is 0. The van der Waals surface area contributed by atoms with Crippen LogP contribution in [0.1, 0.15) is 258 Å². The molecule has 0 amide bonds. The van der Waals surface area contributed by atoms with Crippen molar-refractivity contribution < 1.29 is 28.6 Å². The minimum Gasteiger partial charge on any atom is -0.462 e. The van der Waals surface area contributed by atoms with Crippen LogP contribution in [0.3, 0.4) is 0 Å². The first-order valence-electron chi connectivity index (χ1n) is 27.6. The molecule has 0 bridgehead atoms. The highest BCUT2D eigenvalue weighted by Gasteiger charge is 2.19. The Morgan fingerprint density at radius 2 is 0.621 bits per heavy atom. The van der Waals surface area contributed by atoms with E-state index in [4.69, 9.17) is 14.2 Å². The number of ether oxygens (including phenoxy) is 3. The number of allylic oxidation sites excluding steroid dienone is 14. The molecule has 0 aromatic carbocycles. The van der Waals surface area contributed by atoms with E-state index >= 15 is 0 Å². The second-order valence-electron chi connectivity index (χ2n) is 18.1. The van der Waals surface area contributed by atoms with Crippen LogP contribution in [0.5, 0.6) is 0 Å². The minimum absolute atomic E-state index is 0.113. The monoisotopic (exact) mass is 919 g/mol. The second kappa shape index (κ2) is 54.2. The molecule has 0 N–H and O–H groups in total. The van der Waals surface area contributed by atoms with Crippen LogP contribution in [-0.2, 0) is 28.6 Å². The highest BCUT2D eigenvalue weighted by molar-refractivity contribution is 5.71. The zero-order valence-corrected chi connectivity index (χ0v) is 43.2. The Labute approximate surface area is 407 Å². The van der Waals surface area contributed by atoms with Gasteiger partial charge < -0.3 is 14.2 Å². The van der Waals surface area contributed by atoms with Gasteiger partial charge in [-0.05, 0) is 103 Å². The fourth-order valence-electron chi connectivity index (χ4n) is 7.48. The Kier molecular flexibility index (Phi) is 51.4. The summed E-state index contributed by atoms with van der Waals surface area (Å²) in [4.78, 5) is 38.0. The third-order valence-corrected chi connectivity index (χ3v) is 11.6. The summed E-state index contributed by atoms with van der Waals surface area (Å²) < 4.78 is 16.7. The lowest BCUT2D eigenvalue weighted by Crippen LogP contribution is -2.30. The maximum atomic E-state index is 12.8. The van der Waals surface area contributed by atoms with Crippen molar-refractivity contribution >= 4 is 17.9 Å². The van der Waals surface area contributed by atoms with Crippen LogP contribution in [0.25, 0.3) is 0 Å². The highest BCUT2D eigenvalue weighted by atomic mass is 16.6. The van der Waals surface area contributed by atoms with E-state index < -0.39 is 12.1 Å². The second-order valence-corrected chi connectivity index (χ2v) is 18.1. The Bertz CT molecular complexity index is 1290. The van der Waals surface area contributed by atoms with E-state index in [9.17, 15) is 14.4 Å². The van der Waals surface area contributed by atoms with Gasteiger partial charge in [-0.1, -0.05) is 221 Å². The predicted molar refractivity (Wildman–Crippen MR) is 284 cm³/mol. The molecule has 0 aliphatic carbocycles. The molecule has 66 heavy (non-hydrogen) atoms. The fraction of sp³-hybridized carbons (Fsp3) is 0.717. The molecular formula is C60H102O6. The van der Waals surface area contributed by atoms with Gasteiger partial charge in [-0.15, -0.1) is 0 Å². The van der Waals surface area contributed by atoms with E-state index in [1.807, 2.05) is 12.2 Å². The van der Waals surface area contributed by atoms with E-state index in [1.54, 1.807) is 0 Å². The molecule has 6 nitrogen and oxygen atoms in total. The molecule has 0 aromatic heterocycles. The zero-order chi connectivity index (χ0) is 47.9. The summed E-state index contributed by atoms with van der Waals surface area (Å²) in [5.74, 6) is -1.02. The van der Waals surface area contributed by atoms with Crippen LogP contribution in [0, 0.1) is 0 Å². The zero-order valence-electron chi connectivity index (χ0n) is 43.2. The molecule has 0 heterocycles. The predicted octanol–water partition coefficient (Wildman–Crippen LogP) is 18.4. The first-order valence-corrected chi connectivity index (χ1v) is 27.6. The Morgan fingerprint density at radius 3 is 1.00 bits per heavy atom. The molecule has 0 spiro atoms. The number of hydrogen-bond acceptors (Lipinski definition) is 6. The van der Waals surface area contributed by atoms with E-state index in [1.165, 1.54) is 128 Å². The molecule has 1 atom stereocenters. The van der Waals surface area contributed by atoms with Crippen molar-refractivity contribution in [1.29, 1.82) is 0 Å². The lowest BCUT2D eigenvalue weighted by molar-refractivity contribution is -0.166. The van der Waals surface area contributed by atoms with Crippen molar-refractivity contribution in [3.8, 4) is 0 Å². The molecule has 0 radical (unpaired) electrons. The van der Waals surface area contributed by atoms with Crippen LogP contribution in [0.4, 0.5) is 0 Å². The van der Waals surface area contributed by atoms with Crippen molar-refractivity contribution in [1.82, 2.24) is 0 Å². The van der Waals surface area contributed by atoms with Gasteiger partial charge in [-0.3, -0.25) is 14.4 Å². The summed E-state index contributed by atoms with van der Waals surface area (Å²) >= 11 is 0. The topological polar surface area (TPSA) is 78.9 Å². The SMILES string of the molecule is CC/C=C\C/C=C\C/C=C\C/C=C\C/C=C\CCC(=O)OC(COC(=O)CCCCC/C=C\CCCCCCCC)COC(=O)CCCCCCCCC/C=C\CCCCCCCCCC. The largest absolute Gasteiger partial charge is 0.462 e. The van der Waals surface area contributed by atoms with Crippen LogP contribution < -0.4 is 0 Å². The summed E-state index contributed by atoms with van der Waals surface area (Å²) in [5, 5.41) is 0. The van der Waals surface area contributed by atoms with Crippen LogP contribution >= 0.6 is 0 Å². The van der Waals surface area contributed by atoms with Gasteiger partial charge in [0.1, 0.15) is 13.2 Å². The Balaban J connectivity index is 4.48. The molecule has 0 aliphatic rings. The average Bonchev–Trinajstić information content (AvgIpc) is 3.31. The van der Waals surface area contributed by atoms with Crippen molar-refractivity contribution in [2.24, 2.45) is 0 Å². The number of hydrogen-bond donors (Lipinski definition) is 0. The quantitative estimate of drug-likeness (QED) is 0.0262. The van der Waals surface area contributed by atoms with Crippen molar-refractivity contribution in [2.45, 2.75) is 264 Å². The molecule has 6 heteroatoms. The number of rotatable bonds is 49. The molecule has 0 saturated carbocycles. The number of esters is 3. The number of carbonyl (C=O) groups is 3. The molecule has 0 rings (SSSR count). The summed E-state index contributed by atoms with van der Waals surface area (Å²) in [6.45, 7) is 6.44. The Hall–Kier alpha value is -3.41. The van der Waals surface area contributed by atoms with Crippen LogP contribution in [0.2, 0.25) is 0 Å². The van der Waals surface area contributed by atoms with E-state index in [0.29, 0.717) is 19.3 Å². The minimum atomic E-state index is -0.824. The van der Waals surface area contributed by atoms with Crippen LogP contribution in [-0.4, -0.2) is 37.2 Å². The van der Waals surface area contributed by atoms with Gasteiger partial charge in [0.05, 0.1) is 0 Å². The molecular weight excluding hydrogens is 817 g/mol. The van der Waals surface area contributed by atoms with Gasteiger partial charge in [0, 0.05) is 19.3 Å². The Morgan fingerprint density at radius 1 is 0.318 bits per heavy atom. The van der Waals surface area contributed by atoms with Gasteiger partial charge in [0.15, 0.2) is 6.10 Å². The van der Waals surface area contributed by atoms with Gasteiger partial charge in [-0.2, -0.15) is 0 Å². The maximum Gasteiger partial charge on any atom is 0.306 e. The summed E-state index contributed by atoms with van der Waals surface area (Å²) in [6.07, 6.45) is 70.1. The molecule has 0 fully saturated rings. The van der Waals surface area contributed by atoms with Gasteiger partial charge in [0.2, 0.25) is 0 Å². The molecule has 0 aliphatic heterocycles. The van der Waals surface area contributed by atoms with E-state index in [2.05, 4.69) is 93.7 Å². The summed E-state index contributed by atoms with van der Waals surface area (Å²) in [6, 6.07) is 0. The highest BCUT2D eigenvalue weighted by Crippen LogP contribution is 2.14.